The van der Waals surface area contributed by atoms with Crippen LogP contribution in [0.3, 0.4) is 0 Å². The van der Waals surface area contributed by atoms with Crippen LogP contribution in [0.25, 0.3) is 0 Å². The van der Waals surface area contributed by atoms with Crippen molar-refractivity contribution in [1.29, 1.82) is 0 Å². The van der Waals surface area contributed by atoms with E-state index in [1.54, 1.807) is 30.5 Å². The molecule has 18 heavy (non-hydrogen) atoms. The highest BCUT2D eigenvalue weighted by Crippen LogP contribution is 2.22. The van der Waals surface area contributed by atoms with Gasteiger partial charge in [0.1, 0.15) is 0 Å². The van der Waals surface area contributed by atoms with Crippen LogP contribution in [-0.4, -0.2) is 13.0 Å². The van der Waals surface area contributed by atoms with Gasteiger partial charge in [0.2, 0.25) is 0 Å². The molecule has 0 atom stereocenters. The van der Waals surface area contributed by atoms with E-state index < -0.39 is 0 Å². The van der Waals surface area contributed by atoms with Gasteiger partial charge in [-0.25, -0.2) is 0 Å². The van der Waals surface area contributed by atoms with Crippen molar-refractivity contribution in [3.8, 4) is 0 Å². The third kappa shape index (κ3) is 3.24. The molecule has 0 aliphatic rings. The van der Waals surface area contributed by atoms with E-state index in [4.69, 9.17) is 11.6 Å². The number of thiophene rings is 1. The Kier molecular flexibility index (Phi) is 4.23. The zero-order valence-electron chi connectivity index (χ0n) is 9.87. The Morgan fingerprint density at radius 3 is 2.50 bits per heavy atom. The first-order valence-corrected chi connectivity index (χ1v) is 6.68. The number of anilines is 1. The summed E-state index contributed by atoms with van der Waals surface area (Å²) < 4.78 is 0.793. The third-order valence-corrected chi connectivity index (χ3v) is 3.70. The van der Waals surface area contributed by atoms with Gasteiger partial charge in [0.05, 0.1) is 4.34 Å². The molecule has 0 aliphatic heterocycles. The number of amides is 1. The second kappa shape index (κ2) is 5.89. The van der Waals surface area contributed by atoms with E-state index in [0.29, 0.717) is 5.56 Å². The highest BCUT2D eigenvalue weighted by atomic mass is 35.5. The molecule has 3 nitrogen and oxygen atoms in total. The van der Waals surface area contributed by atoms with Gasteiger partial charge in [-0.2, -0.15) is 0 Å². The average Bonchev–Trinajstić information content (AvgIpc) is 2.82. The minimum absolute atomic E-state index is 0.0772. The van der Waals surface area contributed by atoms with E-state index in [1.807, 2.05) is 24.3 Å². The number of halogens is 1. The van der Waals surface area contributed by atoms with Crippen molar-refractivity contribution in [2.75, 3.05) is 12.4 Å². The summed E-state index contributed by atoms with van der Waals surface area (Å²) in [4.78, 5) is 12.5. The van der Waals surface area contributed by atoms with Crippen LogP contribution in [0.1, 0.15) is 15.2 Å². The molecule has 1 heterocycles. The molecule has 0 unspecified atom stereocenters. The molecule has 2 N–H and O–H groups in total. The van der Waals surface area contributed by atoms with E-state index in [9.17, 15) is 4.79 Å². The average molecular weight is 281 g/mol. The summed E-state index contributed by atoms with van der Waals surface area (Å²) in [6.07, 6.45) is 0. The van der Waals surface area contributed by atoms with Crippen LogP contribution in [0.5, 0.6) is 0 Å². The lowest BCUT2D eigenvalue weighted by Gasteiger charge is -2.05. The van der Waals surface area contributed by atoms with E-state index in [-0.39, 0.29) is 5.91 Å². The topological polar surface area (TPSA) is 41.1 Å². The summed E-state index contributed by atoms with van der Waals surface area (Å²) in [5.41, 5.74) is 1.63. The van der Waals surface area contributed by atoms with Crippen molar-refractivity contribution in [2.24, 2.45) is 0 Å². The Morgan fingerprint density at radius 1 is 1.22 bits per heavy atom. The second-order valence-electron chi connectivity index (χ2n) is 3.72. The van der Waals surface area contributed by atoms with Gasteiger partial charge in [-0.05, 0) is 36.4 Å². The molecule has 0 spiro atoms. The molecule has 0 fully saturated rings. The van der Waals surface area contributed by atoms with E-state index in [1.165, 1.54) is 4.88 Å². The predicted octanol–water partition coefficient (Wildman–Crippen LogP) is 3.37. The van der Waals surface area contributed by atoms with Crippen molar-refractivity contribution < 1.29 is 4.79 Å². The van der Waals surface area contributed by atoms with Gasteiger partial charge in [0, 0.05) is 29.7 Å². The molecule has 1 aromatic heterocycles. The van der Waals surface area contributed by atoms with E-state index >= 15 is 0 Å². The molecule has 0 saturated carbocycles. The number of rotatable bonds is 4. The Morgan fingerprint density at radius 2 is 1.94 bits per heavy atom. The summed E-state index contributed by atoms with van der Waals surface area (Å²) in [7, 11) is 1.62. The molecule has 1 amide bonds. The van der Waals surface area contributed by atoms with Crippen LogP contribution in [0.4, 0.5) is 5.69 Å². The number of carbonyl (C=O) groups excluding carboxylic acids is 1. The van der Waals surface area contributed by atoms with Gasteiger partial charge in [0.15, 0.2) is 0 Å². The Bertz CT molecular complexity index is 536. The smallest absolute Gasteiger partial charge is 0.251 e. The minimum Gasteiger partial charge on any atom is -0.380 e. The van der Waals surface area contributed by atoms with Crippen molar-refractivity contribution in [3.63, 3.8) is 0 Å². The molecule has 0 aliphatic carbocycles. The van der Waals surface area contributed by atoms with Gasteiger partial charge in [-0.3, -0.25) is 4.79 Å². The third-order valence-electron chi connectivity index (χ3n) is 2.47. The van der Waals surface area contributed by atoms with Crippen LogP contribution in [-0.2, 0) is 6.54 Å². The number of hydrogen-bond donors (Lipinski definition) is 2. The zero-order valence-corrected chi connectivity index (χ0v) is 11.4. The van der Waals surface area contributed by atoms with E-state index in [2.05, 4.69) is 10.6 Å². The largest absolute Gasteiger partial charge is 0.380 e. The maximum absolute atomic E-state index is 11.4. The summed E-state index contributed by atoms with van der Waals surface area (Å²) in [5.74, 6) is -0.0772. The van der Waals surface area contributed by atoms with Crippen LogP contribution >= 0.6 is 22.9 Å². The fraction of sp³-hybridized carbons (Fsp3) is 0.154. The normalized spacial score (nSPS) is 10.1. The van der Waals surface area contributed by atoms with Gasteiger partial charge in [-0.15, -0.1) is 11.3 Å². The summed E-state index contributed by atoms with van der Waals surface area (Å²) >= 11 is 7.42. The van der Waals surface area contributed by atoms with Crippen molar-refractivity contribution in [2.45, 2.75) is 6.54 Å². The van der Waals surface area contributed by atoms with Crippen molar-refractivity contribution in [1.82, 2.24) is 5.32 Å². The lowest BCUT2D eigenvalue weighted by Crippen LogP contribution is -2.17. The first-order chi connectivity index (χ1) is 8.69. The molecule has 0 radical (unpaired) electrons. The quantitative estimate of drug-likeness (QED) is 0.901. The molecule has 1 aromatic carbocycles. The van der Waals surface area contributed by atoms with Crippen LogP contribution in [0, 0.1) is 0 Å². The van der Waals surface area contributed by atoms with Crippen LogP contribution in [0.15, 0.2) is 36.4 Å². The highest BCUT2D eigenvalue weighted by Gasteiger charge is 2.02. The molecule has 0 bridgehead atoms. The maximum atomic E-state index is 11.4. The predicted molar refractivity (Wildman–Crippen MR) is 76.5 cm³/mol. The summed E-state index contributed by atoms with van der Waals surface area (Å²) in [6, 6.07) is 11.3. The molecule has 0 saturated heterocycles. The van der Waals surface area contributed by atoms with Crippen molar-refractivity contribution in [3.05, 3.63) is 51.2 Å². The first-order valence-electron chi connectivity index (χ1n) is 5.49. The second-order valence-corrected chi connectivity index (χ2v) is 5.52. The standard InChI is InChI=1S/C13H13ClN2OS/c1-15-13(17)9-2-4-10(5-3-9)16-8-11-6-7-12(14)18-11/h2-7,16H,8H2,1H3,(H,15,17). The molecular weight excluding hydrogens is 268 g/mol. The fourth-order valence-electron chi connectivity index (χ4n) is 1.52. The van der Waals surface area contributed by atoms with Gasteiger partial charge in [-0.1, -0.05) is 11.6 Å². The van der Waals surface area contributed by atoms with Crippen molar-refractivity contribution >= 4 is 34.5 Å². The van der Waals surface area contributed by atoms with Crippen LogP contribution in [0.2, 0.25) is 4.34 Å². The lowest BCUT2D eigenvalue weighted by molar-refractivity contribution is 0.0963. The number of benzene rings is 1. The molecular formula is C13H13ClN2OS. The SMILES string of the molecule is CNC(=O)c1ccc(NCc2ccc(Cl)s2)cc1. The number of hydrogen-bond acceptors (Lipinski definition) is 3. The zero-order chi connectivity index (χ0) is 13.0. The van der Waals surface area contributed by atoms with Gasteiger partial charge in [0.25, 0.3) is 5.91 Å². The highest BCUT2D eigenvalue weighted by molar-refractivity contribution is 7.16. The van der Waals surface area contributed by atoms with Crippen LogP contribution < -0.4 is 10.6 Å². The number of carbonyl (C=O) groups is 1. The Balaban J connectivity index is 1.96. The maximum Gasteiger partial charge on any atom is 0.251 e. The first kappa shape index (κ1) is 12.9. The Hall–Kier alpha value is -1.52. The molecule has 5 heteroatoms. The molecule has 2 aromatic rings. The minimum atomic E-state index is -0.0772. The van der Waals surface area contributed by atoms with Gasteiger partial charge < -0.3 is 10.6 Å². The lowest BCUT2D eigenvalue weighted by atomic mass is 10.2. The molecule has 2 rings (SSSR count). The monoisotopic (exact) mass is 280 g/mol. The number of nitrogens with one attached hydrogen (secondary N) is 2. The van der Waals surface area contributed by atoms with E-state index in [0.717, 1.165) is 16.6 Å². The fourth-order valence-corrected chi connectivity index (χ4v) is 2.55. The van der Waals surface area contributed by atoms with Gasteiger partial charge >= 0.3 is 0 Å². The molecule has 94 valence electrons. The Labute approximate surface area is 115 Å². The summed E-state index contributed by atoms with van der Waals surface area (Å²) in [6.45, 7) is 0.733. The summed E-state index contributed by atoms with van der Waals surface area (Å²) in [5, 5.41) is 5.87.